The van der Waals surface area contributed by atoms with Crippen molar-refractivity contribution in [1.82, 2.24) is 15.1 Å². The summed E-state index contributed by atoms with van der Waals surface area (Å²) in [7, 11) is 2.86. The monoisotopic (exact) mass is 1150 g/mol. The number of fused-ring (bicyclic) bond motifs is 4. The van der Waals surface area contributed by atoms with Crippen LogP contribution in [0, 0.1) is 11.8 Å². The van der Waals surface area contributed by atoms with E-state index in [-0.39, 0.29) is 85.1 Å². The number of nitrogens with zero attached hydrogens (tertiary/aromatic N) is 4. The Kier molecular flexibility index (Phi) is 21.5. The first kappa shape index (κ1) is 63.2. The van der Waals surface area contributed by atoms with Crippen LogP contribution in [0.1, 0.15) is 112 Å². The maximum absolute atomic E-state index is 14.2. The number of hydrogen-bond donors (Lipinski definition) is 4. The van der Waals surface area contributed by atoms with E-state index in [9.17, 15) is 34.2 Å². The molecule has 4 aliphatic heterocycles. The van der Waals surface area contributed by atoms with Crippen LogP contribution >= 0.6 is 0 Å². The van der Waals surface area contributed by atoms with Crippen molar-refractivity contribution in [2.24, 2.45) is 5.73 Å². The normalized spacial score (nSPS) is 18.3. The molecular weight excluding hydrogens is 1080 g/mol. The number of aliphatic hydroxyl groups excluding tert-OH is 2. The molecule has 7 rings (SSSR count). The van der Waals surface area contributed by atoms with Crippen molar-refractivity contribution in [2.75, 3.05) is 89.9 Å². The maximum Gasteiger partial charge on any atom is 0.417 e. The number of anilines is 2. The molecule has 0 fully saturated rings. The van der Waals surface area contributed by atoms with E-state index in [0.717, 1.165) is 20.9 Å². The highest BCUT2D eigenvalue weighted by Crippen LogP contribution is 2.44. The Hall–Kier alpha value is -7.43. The molecule has 83 heavy (non-hydrogen) atoms. The lowest BCUT2D eigenvalue weighted by molar-refractivity contribution is -0.150. The van der Waals surface area contributed by atoms with E-state index in [4.69, 9.17) is 53.1 Å². The second-order valence-corrected chi connectivity index (χ2v) is 22.2. The lowest BCUT2D eigenvalue weighted by Crippen LogP contribution is -2.51. The standard InChI is InChI=1S/C60H78N6O17/c1-37-23-46-55(70)65(57(72)82-59(3,4)5)44-30-50(48(74-9)28-42(44)53(68)63(46)32-37)80-34-40-25-39(13-11-15-62-16-12-17-76-19-20-77-21-22-79-52(67)36-78-18-14-61)26-41(27-40)35-81-51-31-45-43(29-49(51)75-10)54(69)64-33-38(2)24-47(64)56(71)66(45)58(73)83-60(6,7)8/h25-33,46-47,55-56,62,70-71H,12,14-24,34-36,61H2,1-10H3/t46-,47-,55-,56-/m0/s1. The van der Waals surface area contributed by atoms with Crippen molar-refractivity contribution in [3.05, 3.63) is 93.8 Å². The number of nitrogens with one attached hydrogen (secondary N) is 1. The van der Waals surface area contributed by atoms with Crippen molar-refractivity contribution in [2.45, 2.75) is 124 Å². The van der Waals surface area contributed by atoms with Gasteiger partial charge in [0.2, 0.25) is 0 Å². The van der Waals surface area contributed by atoms with Crippen LogP contribution in [0.3, 0.4) is 0 Å². The summed E-state index contributed by atoms with van der Waals surface area (Å²) < 4.78 is 57.3. The molecule has 0 saturated heterocycles. The number of hydrogen-bond acceptors (Lipinski definition) is 19. The Bertz CT molecular complexity index is 2810. The van der Waals surface area contributed by atoms with Gasteiger partial charge in [0.15, 0.2) is 35.5 Å². The molecule has 23 nitrogen and oxygen atoms in total. The van der Waals surface area contributed by atoms with E-state index in [0.29, 0.717) is 75.4 Å². The first-order valence-corrected chi connectivity index (χ1v) is 27.5. The summed E-state index contributed by atoms with van der Waals surface area (Å²) in [6.45, 7) is 16.7. The average Bonchev–Trinajstić information content (AvgIpc) is 2.86. The summed E-state index contributed by atoms with van der Waals surface area (Å²) in [6.07, 6.45) is 0.0119. The van der Waals surface area contributed by atoms with Crippen LogP contribution in [0.5, 0.6) is 23.0 Å². The maximum atomic E-state index is 14.2. The van der Waals surface area contributed by atoms with Crippen LogP contribution in [-0.2, 0) is 46.4 Å². The molecule has 0 unspecified atom stereocenters. The Balaban J connectivity index is 1.12. The highest BCUT2D eigenvalue weighted by molar-refractivity contribution is 6.07. The molecule has 4 atom stereocenters. The number of ether oxygens (including phenoxy) is 10. The molecule has 0 radical (unpaired) electrons. The highest BCUT2D eigenvalue weighted by atomic mass is 16.6. The fourth-order valence-electron chi connectivity index (χ4n) is 9.61. The Morgan fingerprint density at radius 1 is 0.651 bits per heavy atom. The lowest BCUT2D eigenvalue weighted by Gasteiger charge is -2.33. The molecule has 4 aliphatic rings. The topological polar surface area (TPSA) is 269 Å². The average molecular weight is 1160 g/mol. The van der Waals surface area contributed by atoms with Gasteiger partial charge in [-0.3, -0.25) is 9.59 Å². The van der Waals surface area contributed by atoms with Gasteiger partial charge in [-0.1, -0.05) is 23.0 Å². The fourth-order valence-corrected chi connectivity index (χ4v) is 9.61. The van der Waals surface area contributed by atoms with Crippen LogP contribution in [0.4, 0.5) is 21.0 Å². The predicted octanol–water partition coefficient (Wildman–Crippen LogP) is 6.13. The third-order valence-corrected chi connectivity index (χ3v) is 13.2. The van der Waals surface area contributed by atoms with E-state index < -0.39 is 65.7 Å². The number of methoxy groups -OCH3 is 2. The van der Waals surface area contributed by atoms with Gasteiger partial charge in [0.05, 0.1) is 81.8 Å². The van der Waals surface area contributed by atoms with Crippen LogP contribution < -0.4 is 39.8 Å². The van der Waals surface area contributed by atoms with E-state index in [1.165, 1.54) is 48.3 Å². The van der Waals surface area contributed by atoms with Crippen LogP contribution in [-0.4, -0.2) is 166 Å². The summed E-state index contributed by atoms with van der Waals surface area (Å²) in [4.78, 5) is 73.0. The lowest BCUT2D eigenvalue weighted by atomic mass is 10.1. The smallest absolute Gasteiger partial charge is 0.417 e. The molecular formula is C60H78N6O17. The third kappa shape index (κ3) is 16.4. The van der Waals surface area contributed by atoms with Gasteiger partial charge >= 0.3 is 18.2 Å². The fraction of sp³-hybridized carbons (Fsp3) is 0.517. The van der Waals surface area contributed by atoms with E-state index in [2.05, 4.69) is 17.2 Å². The van der Waals surface area contributed by atoms with Crippen molar-refractivity contribution in [1.29, 1.82) is 0 Å². The second kappa shape index (κ2) is 28.2. The predicted molar refractivity (Wildman–Crippen MR) is 304 cm³/mol. The van der Waals surface area contributed by atoms with Gasteiger partial charge in [-0.05, 0) is 123 Å². The molecule has 3 aromatic carbocycles. The zero-order chi connectivity index (χ0) is 60.2. The summed E-state index contributed by atoms with van der Waals surface area (Å²) in [5.74, 6) is 5.70. The van der Waals surface area contributed by atoms with E-state index >= 15 is 0 Å². The number of carbonyl (C=O) groups excluding carboxylic acids is 5. The molecule has 450 valence electrons. The zero-order valence-corrected chi connectivity index (χ0v) is 49.0. The molecule has 4 amide bonds. The Labute approximate surface area is 484 Å². The Morgan fingerprint density at radius 3 is 1.60 bits per heavy atom. The van der Waals surface area contributed by atoms with Gasteiger partial charge in [-0.2, -0.15) is 0 Å². The number of benzene rings is 3. The van der Waals surface area contributed by atoms with Gasteiger partial charge in [-0.25, -0.2) is 24.2 Å². The molecule has 0 spiro atoms. The SMILES string of the molecule is COc1cc2c(cc1OCc1cc(C#CCNCCCOCCOCCOC(=O)COCCN)cc(COc3cc4c(cc3OC)C(=O)N3C=C(C)C[C@H]3[C@H](O)N4C(=O)OC(C)(C)C)c1)N(C(=O)OC(C)(C)C)[C@@H](O)[C@@H]1CC(C)=CN1C2=O. The van der Waals surface area contributed by atoms with Gasteiger partial charge in [0.1, 0.15) is 37.6 Å². The number of amides is 4. The van der Waals surface area contributed by atoms with Crippen LogP contribution in [0.15, 0.2) is 66.0 Å². The quantitative estimate of drug-likeness (QED) is 0.0360. The molecule has 3 aromatic rings. The molecule has 0 bridgehead atoms. The number of rotatable bonds is 23. The largest absolute Gasteiger partial charge is 0.493 e. The van der Waals surface area contributed by atoms with Crippen LogP contribution in [0.25, 0.3) is 0 Å². The van der Waals surface area contributed by atoms with Gasteiger partial charge in [-0.15, -0.1) is 0 Å². The number of esters is 1. The van der Waals surface area contributed by atoms with Crippen molar-refractivity contribution in [3.63, 3.8) is 0 Å². The van der Waals surface area contributed by atoms with E-state index in [1.54, 1.807) is 53.9 Å². The second-order valence-electron chi connectivity index (χ2n) is 22.2. The third-order valence-electron chi connectivity index (χ3n) is 13.2. The minimum Gasteiger partial charge on any atom is -0.493 e. The minimum absolute atomic E-state index is 0.0639. The van der Waals surface area contributed by atoms with Crippen molar-refractivity contribution in [3.8, 4) is 34.8 Å². The van der Waals surface area contributed by atoms with Gasteiger partial charge in [0.25, 0.3) is 11.8 Å². The molecule has 23 heteroatoms. The first-order valence-electron chi connectivity index (χ1n) is 27.5. The highest BCUT2D eigenvalue weighted by Gasteiger charge is 2.47. The molecule has 5 N–H and O–H groups in total. The zero-order valence-electron chi connectivity index (χ0n) is 49.0. The number of nitrogens with two attached hydrogens (primary N) is 1. The summed E-state index contributed by atoms with van der Waals surface area (Å²) in [5.41, 5.74) is 7.31. The molecule has 4 heterocycles. The summed E-state index contributed by atoms with van der Waals surface area (Å²) >= 11 is 0. The molecule has 0 aromatic heterocycles. The Morgan fingerprint density at radius 2 is 1.13 bits per heavy atom. The van der Waals surface area contributed by atoms with E-state index in [1.807, 2.05) is 32.0 Å². The number of carbonyl (C=O) groups is 5. The van der Waals surface area contributed by atoms with Gasteiger partial charge in [0, 0.05) is 43.2 Å². The first-order chi connectivity index (χ1) is 39.5. The number of aliphatic hydroxyl groups is 2. The van der Waals surface area contributed by atoms with Crippen molar-refractivity contribution < 1.29 is 81.6 Å². The van der Waals surface area contributed by atoms with Crippen LogP contribution in [0.2, 0.25) is 0 Å². The molecule has 0 saturated carbocycles. The summed E-state index contributed by atoms with van der Waals surface area (Å²) in [6, 6.07) is 9.88. The van der Waals surface area contributed by atoms with Crippen molar-refractivity contribution >= 4 is 41.3 Å². The van der Waals surface area contributed by atoms with Gasteiger partial charge < -0.3 is 78.4 Å². The molecule has 0 aliphatic carbocycles. The minimum atomic E-state index is -1.48. The summed E-state index contributed by atoms with van der Waals surface area (Å²) in [5, 5.41) is 27.0.